The Labute approximate surface area is 390 Å². The topological polar surface area (TPSA) is 8.17 Å². The van der Waals surface area contributed by atoms with Crippen LogP contribution in [0.5, 0.6) is 0 Å². The summed E-state index contributed by atoms with van der Waals surface area (Å²) in [5.74, 6) is 0. The van der Waals surface area contributed by atoms with Crippen LogP contribution in [-0.4, -0.2) is 4.57 Å². The average molecular weight is 853 g/mol. The van der Waals surface area contributed by atoms with Crippen LogP contribution in [0, 0.1) is 0 Å². The molecule has 2 heteroatoms. The Morgan fingerprint density at radius 3 is 1.70 bits per heavy atom. The molecule has 1 aliphatic rings. The van der Waals surface area contributed by atoms with Crippen LogP contribution in [0.2, 0.25) is 0 Å². The third-order valence-electron chi connectivity index (χ3n) is 14.0. The summed E-state index contributed by atoms with van der Waals surface area (Å²) in [5, 5.41) is 4.96. The zero-order valence-corrected chi connectivity index (χ0v) is 36.8. The van der Waals surface area contributed by atoms with E-state index >= 15 is 0 Å². The van der Waals surface area contributed by atoms with Gasteiger partial charge >= 0.3 is 0 Å². The molecule has 13 rings (SSSR count). The maximum absolute atomic E-state index is 2.48. The van der Waals surface area contributed by atoms with Gasteiger partial charge in [0.15, 0.2) is 0 Å². The zero-order chi connectivity index (χ0) is 44.3. The number of nitrogens with zero attached hydrogens (tertiary/aromatic N) is 2. The van der Waals surface area contributed by atoms with Crippen molar-refractivity contribution in [2.24, 2.45) is 0 Å². The molecule has 0 atom stereocenters. The van der Waals surface area contributed by atoms with Gasteiger partial charge in [-0.15, -0.1) is 0 Å². The van der Waals surface area contributed by atoms with Crippen LogP contribution in [0.4, 0.5) is 17.1 Å². The van der Waals surface area contributed by atoms with E-state index in [1.54, 1.807) is 0 Å². The maximum Gasteiger partial charge on any atom is 0.0714 e. The summed E-state index contributed by atoms with van der Waals surface area (Å²) < 4.78 is 2.38. The molecular weight excluding hydrogens is 809 g/mol. The number of anilines is 3. The number of para-hydroxylation sites is 2. The van der Waals surface area contributed by atoms with Crippen LogP contribution in [-0.2, 0) is 5.41 Å². The number of benzene rings is 11. The minimum atomic E-state index is -0.519. The molecular formula is C65H44N2. The SMILES string of the molecule is c1ccc(-n2c3ccccc3c3cc(-c4ccc(N(c5cccc(-c6ccc7ccccc7c6)c5)c5cccc6c5-c5ccccc5C6(c5ccccc5)c5ccccc5)cc4)ccc32)cc1. The van der Waals surface area contributed by atoms with Gasteiger partial charge in [0.05, 0.1) is 22.1 Å². The minimum Gasteiger partial charge on any atom is -0.310 e. The minimum absolute atomic E-state index is 0.519. The van der Waals surface area contributed by atoms with Gasteiger partial charge in [0.1, 0.15) is 0 Å². The second-order valence-electron chi connectivity index (χ2n) is 17.6. The van der Waals surface area contributed by atoms with E-state index in [2.05, 4.69) is 276 Å². The van der Waals surface area contributed by atoms with E-state index < -0.39 is 5.41 Å². The van der Waals surface area contributed by atoms with Gasteiger partial charge in [0.25, 0.3) is 0 Å². The van der Waals surface area contributed by atoms with Crippen LogP contribution >= 0.6 is 0 Å². The molecule has 0 saturated heterocycles. The first-order valence-electron chi connectivity index (χ1n) is 23.2. The molecule has 0 radical (unpaired) electrons. The van der Waals surface area contributed by atoms with Crippen molar-refractivity contribution in [1.82, 2.24) is 4.57 Å². The van der Waals surface area contributed by atoms with Crippen molar-refractivity contribution in [3.63, 3.8) is 0 Å². The maximum atomic E-state index is 2.48. The molecule has 0 aliphatic heterocycles. The highest BCUT2D eigenvalue weighted by Crippen LogP contribution is 2.59. The van der Waals surface area contributed by atoms with Crippen LogP contribution in [0.1, 0.15) is 22.3 Å². The van der Waals surface area contributed by atoms with Gasteiger partial charge in [-0.2, -0.15) is 0 Å². The molecule has 314 valence electrons. The summed E-state index contributed by atoms with van der Waals surface area (Å²) in [6.07, 6.45) is 0. The number of aromatic nitrogens is 1. The van der Waals surface area contributed by atoms with Gasteiger partial charge in [0.2, 0.25) is 0 Å². The summed E-state index contributed by atoms with van der Waals surface area (Å²) >= 11 is 0. The molecule has 0 spiro atoms. The Balaban J connectivity index is 1.00. The molecule has 1 aliphatic carbocycles. The van der Waals surface area contributed by atoms with E-state index in [-0.39, 0.29) is 0 Å². The molecule has 0 fully saturated rings. The third-order valence-corrected chi connectivity index (χ3v) is 14.0. The van der Waals surface area contributed by atoms with E-state index in [1.165, 1.54) is 88.2 Å². The molecule has 0 unspecified atom stereocenters. The Kier molecular flexibility index (Phi) is 9.11. The average Bonchev–Trinajstić information content (AvgIpc) is 3.91. The van der Waals surface area contributed by atoms with E-state index in [9.17, 15) is 0 Å². The number of rotatable bonds is 8. The first-order valence-corrected chi connectivity index (χ1v) is 23.2. The van der Waals surface area contributed by atoms with E-state index in [4.69, 9.17) is 0 Å². The fourth-order valence-corrected chi connectivity index (χ4v) is 11.1. The molecule has 0 saturated carbocycles. The molecule has 0 amide bonds. The lowest BCUT2D eigenvalue weighted by molar-refractivity contribution is 0.768. The number of hydrogen-bond acceptors (Lipinski definition) is 1. The monoisotopic (exact) mass is 852 g/mol. The van der Waals surface area contributed by atoms with E-state index in [1.807, 2.05) is 0 Å². The predicted octanol–water partition coefficient (Wildman–Crippen LogP) is 17.1. The molecule has 12 aromatic rings. The lowest BCUT2D eigenvalue weighted by atomic mass is 9.68. The summed E-state index contributed by atoms with van der Waals surface area (Å²) in [6, 6.07) is 98.1. The van der Waals surface area contributed by atoms with Gasteiger partial charge in [-0.25, -0.2) is 0 Å². The second kappa shape index (κ2) is 15.8. The van der Waals surface area contributed by atoms with Gasteiger partial charge in [-0.05, 0) is 128 Å². The quantitative estimate of drug-likeness (QED) is 0.148. The summed E-state index contributed by atoms with van der Waals surface area (Å²) in [7, 11) is 0. The number of fused-ring (bicyclic) bond motifs is 7. The molecule has 1 aromatic heterocycles. The van der Waals surface area contributed by atoms with Crippen molar-refractivity contribution in [3.8, 4) is 39.1 Å². The van der Waals surface area contributed by atoms with Crippen molar-refractivity contribution in [2.45, 2.75) is 5.41 Å². The highest BCUT2D eigenvalue weighted by molar-refractivity contribution is 6.10. The fraction of sp³-hybridized carbons (Fsp3) is 0.0154. The van der Waals surface area contributed by atoms with Crippen molar-refractivity contribution in [2.75, 3.05) is 4.90 Å². The van der Waals surface area contributed by atoms with Crippen molar-refractivity contribution >= 4 is 49.6 Å². The Morgan fingerprint density at radius 2 is 0.910 bits per heavy atom. The molecule has 2 nitrogen and oxygen atoms in total. The van der Waals surface area contributed by atoms with Gasteiger partial charge in [-0.1, -0.05) is 200 Å². The van der Waals surface area contributed by atoms with Crippen LogP contribution in [0.15, 0.2) is 267 Å². The number of hydrogen-bond donors (Lipinski definition) is 0. The zero-order valence-electron chi connectivity index (χ0n) is 36.8. The summed E-state index contributed by atoms with van der Waals surface area (Å²) in [6.45, 7) is 0. The van der Waals surface area contributed by atoms with Crippen LogP contribution in [0.25, 0.3) is 71.6 Å². The highest BCUT2D eigenvalue weighted by Gasteiger charge is 2.47. The summed E-state index contributed by atoms with van der Waals surface area (Å²) in [4.78, 5) is 2.48. The molecule has 0 N–H and O–H groups in total. The molecule has 11 aromatic carbocycles. The van der Waals surface area contributed by atoms with Gasteiger partial charge in [-0.3, -0.25) is 0 Å². The fourth-order valence-electron chi connectivity index (χ4n) is 11.1. The molecule has 0 bridgehead atoms. The lowest BCUT2D eigenvalue weighted by Crippen LogP contribution is -2.28. The van der Waals surface area contributed by atoms with E-state index in [0.29, 0.717) is 0 Å². The summed E-state index contributed by atoms with van der Waals surface area (Å²) in [5.41, 5.74) is 18.6. The lowest BCUT2D eigenvalue weighted by Gasteiger charge is -2.34. The van der Waals surface area contributed by atoms with Crippen molar-refractivity contribution in [3.05, 3.63) is 289 Å². The van der Waals surface area contributed by atoms with E-state index in [0.717, 1.165) is 22.7 Å². The smallest absolute Gasteiger partial charge is 0.0714 e. The Bertz CT molecular complexity index is 3750. The molecule has 67 heavy (non-hydrogen) atoms. The van der Waals surface area contributed by atoms with Crippen LogP contribution in [0.3, 0.4) is 0 Å². The first kappa shape index (κ1) is 38.7. The first-order chi connectivity index (χ1) is 33.2. The largest absolute Gasteiger partial charge is 0.310 e. The van der Waals surface area contributed by atoms with Gasteiger partial charge in [0, 0.05) is 33.4 Å². The highest BCUT2D eigenvalue weighted by atomic mass is 15.1. The van der Waals surface area contributed by atoms with Gasteiger partial charge < -0.3 is 9.47 Å². The van der Waals surface area contributed by atoms with Crippen molar-refractivity contribution in [1.29, 1.82) is 0 Å². The van der Waals surface area contributed by atoms with Crippen LogP contribution < -0.4 is 4.90 Å². The standard InChI is InChI=1S/C65H44N2/c1-4-21-51(22-5-1)65(52-23-6-2-7-24-52)59-30-14-12-29-57(59)64-60(65)31-17-33-63(64)66(55-27-16-20-48(43-55)49-35-34-45-18-10-11-19-47(45)42-49)54-39-36-46(37-40-54)50-38-41-62-58(44-50)56-28-13-15-32-61(56)67(62)53-25-8-3-9-26-53/h1-44H. The Hall–Kier alpha value is -8.72. The molecule has 1 heterocycles. The normalized spacial score (nSPS) is 12.6. The predicted molar refractivity (Wildman–Crippen MR) is 281 cm³/mol. The Morgan fingerprint density at radius 1 is 0.328 bits per heavy atom. The second-order valence-corrected chi connectivity index (χ2v) is 17.6. The third kappa shape index (κ3) is 6.18. The van der Waals surface area contributed by atoms with Crippen molar-refractivity contribution < 1.29 is 0 Å².